The Morgan fingerprint density at radius 2 is 1.72 bits per heavy atom. The Morgan fingerprint density at radius 3 is 2.28 bits per heavy atom. The minimum Gasteiger partial charge on any atom is -0.330 e. The molecule has 0 aromatic heterocycles. The van der Waals surface area contributed by atoms with Gasteiger partial charge in [-0.3, -0.25) is 4.79 Å². The lowest BCUT2D eigenvalue weighted by Gasteiger charge is -2.28. The van der Waals surface area contributed by atoms with Crippen molar-refractivity contribution in [2.24, 2.45) is 0 Å². The third-order valence-corrected chi connectivity index (χ3v) is 6.47. The van der Waals surface area contributed by atoms with E-state index in [0.29, 0.717) is 18.5 Å². The Kier molecular flexibility index (Phi) is 5.23. The molecule has 0 N–H and O–H groups in total. The lowest BCUT2D eigenvalue weighted by atomic mass is 10.1. The molecular formula is C20H23NO3S. The molecule has 5 heteroatoms. The molecule has 0 unspecified atom stereocenters. The van der Waals surface area contributed by atoms with Gasteiger partial charge in [-0.2, -0.15) is 0 Å². The minimum absolute atomic E-state index is 0.0542. The van der Waals surface area contributed by atoms with Crippen LogP contribution in [0.25, 0.3) is 0 Å². The zero-order valence-corrected chi connectivity index (χ0v) is 15.2. The van der Waals surface area contributed by atoms with Crippen LogP contribution in [0.5, 0.6) is 0 Å². The minimum atomic E-state index is -3.05. The third-order valence-electron chi connectivity index (χ3n) is 4.71. The first kappa shape index (κ1) is 17.7. The van der Waals surface area contributed by atoms with E-state index in [0.717, 1.165) is 12.0 Å². The number of carbonyl (C=O) groups excluding carboxylic acids is 1. The highest BCUT2D eigenvalue weighted by Crippen LogP contribution is 2.22. The molecule has 2 aromatic rings. The van der Waals surface area contributed by atoms with Gasteiger partial charge in [0, 0.05) is 18.2 Å². The van der Waals surface area contributed by atoms with Crippen LogP contribution in [0.1, 0.15) is 34.8 Å². The van der Waals surface area contributed by atoms with Crippen LogP contribution in [0.4, 0.5) is 0 Å². The van der Waals surface area contributed by atoms with Crippen LogP contribution in [-0.2, 0) is 22.8 Å². The van der Waals surface area contributed by atoms with Crippen molar-refractivity contribution in [3.8, 4) is 0 Å². The number of hydrogen-bond donors (Lipinski definition) is 0. The van der Waals surface area contributed by atoms with E-state index in [1.165, 1.54) is 5.56 Å². The number of rotatable bonds is 5. The lowest BCUT2D eigenvalue weighted by Crippen LogP contribution is -2.40. The number of carbonyl (C=O) groups is 1. The maximum atomic E-state index is 13.1. The third kappa shape index (κ3) is 4.28. The first-order chi connectivity index (χ1) is 12.0. The summed E-state index contributed by atoms with van der Waals surface area (Å²) in [6, 6.07) is 17.0. The number of hydrogen-bond acceptors (Lipinski definition) is 3. The average Bonchev–Trinajstić information content (AvgIpc) is 2.99. The highest BCUT2D eigenvalue weighted by atomic mass is 32.2. The standard InChI is InChI=1S/C20H23NO3S/c1-2-16-8-10-18(11-9-16)20(22)21(14-17-6-4-3-5-7-17)19-12-13-25(23,24)15-19/h3-11,19H,2,12-15H2,1H3/t19-/m1/s1. The van der Waals surface area contributed by atoms with Gasteiger partial charge < -0.3 is 4.90 Å². The maximum absolute atomic E-state index is 13.1. The normalized spacial score (nSPS) is 18.8. The van der Waals surface area contributed by atoms with Gasteiger partial charge >= 0.3 is 0 Å². The number of aryl methyl sites for hydroxylation is 1. The molecule has 25 heavy (non-hydrogen) atoms. The van der Waals surface area contributed by atoms with E-state index in [-0.39, 0.29) is 23.5 Å². The van der Waals surface area contributed by atoms with Gasteiger partial charge in [-0.05, 0) is 36.1 Å². The van der Waals surface area contributed by atoms with Crippen LogP contribution < -0.4 is 0 Å². The molecule has 1 saturated heterocycles. The van der Waals surface area contributed by atoms with Gasteiger partial charge in [-0.1, -0.05) is 49.4 Å². The van der Waals surface area contributed by atoms with Crippen LogP contribution in [0.15, 0.2) is 54.6 Å². The van der Waals surface area contributed by atoms with E-state index < -0.39 is 9.84 Å². The Balaban J connectivity index is 1.88. The molecule has 1 atom stereocenters. The van der Waals surface area contributed by atoms with Gasteiger partial charge in [0.15, 0.2) is 9.84 Å². The summed E-state index contributed by atoms with van der Waals surface area (Å²) in [5.41, 5.74) is 2.79. The van der Waals surface area contributed by atoms with Gasteiger partial charge in [0.05, 0.1) is 11.5 Å². The largest absolute Gasteiger partial charge is 0.330 e. The monoisotopic (exact) mass is 357 g/mol. The molecule has 0 spiro atoms. The summed E-state index contributed by atoms with van der Waals surface area (Å²) in [7, 11) is -3.05. The van der Waals surface area contributed by atoms with E-state index in [4.69, 9.17) is 0 Å². The maximum Gasteiger partial charge on any atom is 0.254 e. The summed E-state index contributed by atoms with van der Waals surface area (Å²) in [6.07, 6.45) is 1.43. The average molecular weight is 357 g/mol. The molecule has 0 radical (unpaired) electrons. The second-order valence-electron chi connectivity index (χ2n) is 6.53. The van der Waals surface area contributed by atoms with E-state index in [1.807, 2.05) is 54.6 Å². The fraction of sp³-hybridized carbons (Fsp3) is 0.350. The molecule has 4 nitrogen and oxygen atoms in total. The number of nitrogens with zero attached hydrogens (tertiary/aromatic N) is 1. The van der Waals surface area contributed by atoms with Crippen LogP contribution in [0, 0.1) is 0 Å². The van der Waals surface area contributed by atoms with Crippen molar-refractivity contribution >= 4 is 15.7 Å². The van der Waals surface area contributed by atoms with Crippen molar-refractivity contribution in [3.63, 3.8) is 0 Å². The smallest absolute Gasteiger partial charge is 0.254 e. The van der Waals surface area contributed by atoms with Crippen molar-refractivity contribution in [3.05, 3.63) is 71.3 Å². The van der Waals surface area contributed by atoms with Crippen molar-refractivity contribution in [2.75, 3.05) is 11.5 Å². The molecule has 1 aliphatic heterocycles. The van der Waals surface area contributed by atoms with Crippen LogP contribution in [-0.4, -0.2) is 36.8 Å². The van der Waals surface area contributed by atoms with Gasteiger partial charge in [-0.25, -0.2) is 8.42 Å². The van der Waals surface area contributed by atoms with E-state index in [2.05, 4.69) is 6.92 Å². The number of benzene rings is 2. The van der Waals surface area contributed by atoms with Gasteiger partial charge in [0.2, 0.25) is 0 Å². The molecule has 1 aliphatic rings. The van der Waals surface area contributed by atoms with E-state index >= 15 is 0 Å². The second-order valence-corrected chi connectivity index (χ2v) is 8.75. The molecule has 132 valence electrons. The number of sulfone groups is 1. The fourth-order valence-corrected chi connectivity index (χ4v) is 4.95. The molecule has 0 aliphatic carbocycles. The summed E-state index contributed by atoms with van der Waals surface area (Å²) >= 11 is 0. The van der Waals surface area contributed by atoms with Crippen molar-refractivity contribution in [1.29, 1.82) is 0 Å². The van der Waals surface area contributed by atoms with Crippen molar-refractivity contribution in [1.82, 2.24) is 4.90 Å². The van der Waals surface area contributed by atoms with Gasteiger partial charge in [-0.15, -0.1) is 0 Å². The molecule has 0 saturated carbocycles. The first-order valence-electron chi connectivity index (χ1n) is 8.63. The molecule has 1 fully saturated rings. The highest BCUT2D eigenvalue weighted by Gasteiger charge is 2.35. The van der Waals surface area contributed by atoms with E-state index in [1.54, 1.807) is 4.90 Å². The summed E-state index contributed by atoms with van der Waals surface area (Å²) < 4.78 is 23.8. The summed E-state index contributed by atoms with van der Waals surface area (Å²) in [4.78, 5) is 14.8. The van der Waals surface area contributed by atoms with Crippen molar-refractivity contribution in [2.45, 2.75) is 32.4 Å². The predicted octanol–water partition coefficient (Wildman–Crippen LogP) is 3.08. The Morgan fingerprint density at radius 1 is 1.04 bits per heavy atom. The zero-order chi connectivity index (χ0) is 17.9. The zero-order valence-electron chi connectivity index (χ0n) is 14.4. The van der Waals surface area contributed by atoms with Crippen molar-refractivity contribution < 1.29 is 13.2 Å². The van der Waals surface area contributed by atoms with Gasteiger partial charge in [0.1, 0.15) is 0 Å². The first-order valence-corrected chi connectivity index (χ1v) is 10.4. The SMILES string of the molecule is CCc1ccc(C(=O)N(Cc2ccccc2)[C@@H]2CCS(=O)(=O)C2)cc1. The summed E-state index contributed by atoms with van der Waals surface area (Å²) in [5.74, 6) is 0.109. The van der Waals surface area contributed by atoms with Crippen LogP contribution in [0.2, 0.25) is 0 Å². The van der Waals surface area contributed by atoms with Gasteiger partial charge in [0.25, 0.3) is 5.91 Å². The molecule has 2 aromatic carbocycles. The Bertz CT molecular complexity index is 829. The molecule has 3 rings (SSSR count). The molecule has 1 heterocycles. The number of amides is 1. The lowest BCUT2D eigenvalue weighted by molar-refractivity contribution is 0.0681. The quantitative estimate of drug-likeness (QED) is 0.826. The summed E-state index contributed by atoms with van der Waals surface area (Å²) in [6.45, 7) is 2.50. The topological polar surface area (TPSA) is 54.5 Å². The molecule has 1 amide bonds. The van der Waals surface area contributed by atoms with E-state index in [9.17, 15) is 13.2 Å². The Labute approximate surface area is 149 Å². The Hall–Kier alpha value is -2.14. The fourth-order valence-electron chi connectivity index (χ4n) is 3.22. The highest BCUT2D eigenvalue weighted by molar-refractivity contribution is 7.91. The summed E-state index contributed by atoms with van der Waals surface area (Å²) in [5, 5.41) is 0. The predicted molar refractivity (Wildman–Crippen MR) is 99.2 cm³/mol. The molecule has 0 bridgehead atoms. The second kappa shape index (κ2) is 7.40. The van der Waals surface area contributed by atoms with Crippen LogP contribution in [0.3, 0.4) is 0 Å². The van der Waals surface area contributed by atoms with Crippen LogP contribution >= 0.6 is 0 Å². The molecular weight excluding hydrogens is 334 g/mol.